The van der Waals surface area contributed by atoms with Crippen molar-refractivity contribution in [3.63, 3.8) is 0 Å². The van der Waals surface area contributed by atoms with Gasteiger partial charge in [0.05, 0.1) is 6.04 Å². The number of carbonyl (C=O) groups excluding carboxylic acids is 1. The van der Waals surface area contributed by atoms with Crippen molar-refractivity contribution in [1.29, 1.82) is 0 Å². The highest BCUT2D eigenvalue weighted by Gasteiger charge is 2.47. The van der Waals surface area contributed by atoms with Crippen molar-refractivity contribution in [3.8, 4) is 0 Å². The summed E-state index contributed by atoms with van der Waals surface area (Å²) >= 11 is 0. The second-order valence-corrected chi connectivity index (χ2v) is 6.91. The topological polar surface area (TPSA) is 29.1 Å². The molecule has 0 radical (unpaired) electrons. The molecule has 0 aliphatic carbocycles. The van der Waals surface area contributed by atoms with Gasteiger partial charge >= 0.3 is 0 Å². The van der Waals surface area contributed by atoms with Gasteiger partial charge in [-0.2, -0.15) is 0 Å². The average Bonchev–Trinajstić information content (AvgIpc) is 2.75. The zero-order valence-electron chi connectivity index (χ0n) is 13.4. The molecule has 3 unspecified atom stereocenters. The number of Topliss-reactive ketones (excluding diaryl/α,β-unsaturated/α-hetero) is 1. The van der Waals surface area contributed by atoms with E-state index in [1.807, 2.05) is 6.07 Å². The molecular weight excluding hydrogens is 246 g/mol. The molecule has 1 aromatic rings. The Morgan fingerprint density at radius 1 is 1.15 bits per heavy atom. The first-order valence-electron chi connectivity index (χ1n) is 7.77. The maximum atomic E-state index is 12.9. The molecule has 1 aromatic carbocycles. The molecule has 2 nitrogen and oxygen atoms in total. The van der Waals surface area contributed by atoms with Crippen molar-refractivity contribution in [2.45, 2.75) is 59.5 Å². The number of nitrogens with one attached hydrogen (secondary N) is 1. The number of benzene rings is 1. The molecule has 1 aliphatic rings. The second-order valence-electron chi connectivity index (χ2n) is 6.91. The van der Waals surface area contributed by atoms with Crippen LogP contribution < -0.4 is 5.32 Å². The van der Waals surface area contributed by atoms with Crippen LogP contribution in [0.2, 0.25) is 0 Å². The number of aryl methyl sites for hydroxylation is 1. The average molecular weight is 273 g/mol. The minimum atomic E-state index is -0.125. The van der Waals surface area contributed by atoms with Gasteiger partial charge in [-0.05, 0) is 29.4 Å². The first-order valence-corrected chi connectivity index (χ1v) is 7.77. The summed E-state index contributed by atoms with van der Waals surface area (Å²) in [5, 5.41) is 3.59. The summed E-state index contributed by atoms with van der Waals surface area (Å²) in [5.74, 6) is 0.465. The summed E-state index contributed by atoms with van der Waals surface area (Å²) in [6.07, 6.45) is 1.97. The molecule has 0 bridgehead atoms. The van der Waals surface area contributed by atoms with Gasteiger partial charge in [-0.25, -0.2) is 0 Å². The Kier molecular flexibility index (Phi) is 4.33. The Morgan fingerprint density at radius 2 is 1.80 bits per heavy atom. The van der Waals surface area contributed by atoms with Gasteiger partial charge in [-0.3, -0.25) is 4.79 Å². The minimum absolute atomic E-state index is 0.0146. The maximum Gasteiger partial charge on any atom is 0.159 e. The standard InChI is InChI=1S/C18H27NO/c1-6-12-10-8-9-11-13(12)16-17(20)15(18(3,4)5)14(7-2)19-16/h8-11,14-16,19H,6-7H2,1-5H3. The van der Waals surface area contributed by atoms with E-state index in [4.69, 9.17) is 0 Å². The highest BCUT2D eigenvalue weighted by Crippen LogP contribution is 2.40. The molecule has 2 heteroatoms. The first-order chi connectivity index (χ1) is 9.40. The Bertz CT molecular complexity index is 486. The fraction of sp³-hybridized carbons (Fsp3) is 0.611. The van der Waals surface area contributed by atoms with Gasteiger partial charge < -0.3 is 5.32 Å². The smallest absolute Gasteiger partial charge is 0.159 e. The molecule has 1 heterocycles. The van der Waals surface area contributed by atoms with Gasteiger partial charge in [0.2, 0.25) is 0 Å². The zero-order valence-corrected chi connectivity index (χ0v) is 13.4. The van der Waals surface area contributed by atoms with E-state index in [1.165, 1.54) is 11.1 Å². The normalized spacial score (nSPS) is 27.1. The predicted molar refractivity (Wildman–Crippen MR) is 83.7 cm³/mol. The van der Waals surface area contributed by atoms with E-state index in [1.54, 1.807) is 0 Å². The fourth-order valence-electron chi connectivity index (χ4n) is 3.53. The number of hydrogen-bond acceptors (Lipinski definition) is 2. The van der Waals surface area contributed by atoms with Gasteiger partial charge in [0.1, 0.15) is 0 Å². The lowest BCUT2D eigenvalue weighted by molar-refractivity contribution is -0.124. The van der Waals surface area contributed by atoms with Crippen LogP contribution in [0.4, 0.5) is 0 Å². The van der Waals surface area contributed by atoms with Crippen LogP contribution in [0.3, 0.4) is 0 Å². The van der Waals surface area contributed by atoms with Crippen molar-refractivity contribution >= 4 is 5.78 Å². The summed E-state index contributed by atoms with van der Waals surface area (Å²) < 4.78 is 0. The third kappa shape index (κ3) is 2.67. The van der Waals surface area contributed by atoms with Crippen LogP contribution >= 0.6 is 0 Å². The lowest BCUT2D eigenvalue weighted by atomic mass is 9.74. The van der Waals surface area contributed by atoms with E-state index in [0.29, 0.717) is 5.78 Å². The van der Waals surface area contributed by atoms with Gasteiger partial charge in [0.15, 0.2) is 5.78 Å². The van der Waals surface area contributed by atoms with Gasteiger partial charge in [0.25, 0.3) is 0 Å². The number of ketones is 1. The second kappa shape index (κ2) is 5.69. The van der Waals surface area contributed by atoms with E-state index in [2.05, 4.69) is 58.1 Å². The fourth-order valence-corrected chi connectivity index (χ4v) is 3.53. The van der Waals surface area contributed by atoms with Crippen LogP contribution in [0.1, 0.15) is 58.2 Å². The molecule has 2 rings (SSSR count). The quantitative estimate of drug-likeness (QED) is 0.905. The SMILES string of the molecule is CCc1ccccc1C1NC(CC)C(C(C)(C)C)C1=O. The van der Waals surface area contributed by atoms with Crippen molar-refractivity contribution < 1.29 is 4.79 Å². The van der Waals surface area contributed by atoms with Gasteiger partial charge in [-0.15, -0.1) is 0 Å². The summed E-state index contributed by atoms with van der Waals surface area (Å²) in [4.78, 5) is 12.9. The number of carbonyl (C=O) groups is 1. The van der Waals surface area contributed by atoms with Crippen molar-refractivity contribution in [2.75, 3.05) is 0 Å². The van der Waals surface area contributed by atoms with Crippen LogP contribution in [-0.4, -0.2) is 11.8 Å². The highest BCUT2D eigenvalue weighted by molar-refractivity contribution is 5.91. The summed E-state index contributed by atoms with van der Waals surface area (Å²) in [6.45, 7) is 10.8. The highest BCUT2D eigenvalue weighted by atomic mass is 16.1. The van der Waals surface area contributed by atoms with Crippen LogP contribution in [0.25, 0.3) is 0 Å². The molecule has 110 valence electrons. The molecular formula is C18H27NO. The molecule has 3 atom stereocenters. The Balaban J connectivity index is 2.38. The molecule has 0 saturated carbocycles. The van der Waals surface area contributed by atoms with Crippen molar-refractivity contribution in [1.82, 2.24) is 5.32 Å². The van der Waals surface area contributed by atoms with Gasteiger partial charge in [-0.1, -0.05) is 58.9 Å². The van der Waals surface area contributed by atoms with Crippen LogP contribution in [0, 0.1) is 11.3 Å². The summed E-state index contributed by atoms with van der Waals surface area (Å²) in [7, 11) is 0. The molecule has 0 amide bonds. The van der Waals surface area contributed by atoms with Crippen LogP contribution in [0.15, 0.2) is 24.3 Å². The summed E-state index contributed by atoms with van der Waals surface area (Å²) in [6, 6.07) is 8.49. The maximum absolute atomic E-state index is 12.9. The van der Waals surface area contributed by atoms with Crippen LogP contribution in [0.5, 0.6) is 0 Å². The zero-order chi connectivity index (χ0) is 14.9. The molecule has 20 heavy (non-hydrogen) atoms. The number of rotatable bonds is 3. The third-order valence-electron chi connectivity index (χ3n) is 4.49. The molecule has 0 spiro atoms. The Hall–Kier alpha value is -1.15. The Morgan fingerprint density at radius 3 is 2.30 bits per heavy atom. The van der Waals surface area contributed by atoms with E-state index >= 15 is 0 Å². The minimum Gasteiger partial charge on any atom is -0.300 e. The number of hydrogen-bond donors (Lipinski definition) is 1. The summed E-state index contributed by atoms with van der Waals surface area (Å²) in [5.41, 5.74) is 2.47. The lowest BCUT2D eigenvalue weighted by Crippen LogP contribution is -2.35. The first kappa shape index (κ1) is 15.2. The molecule has 1 saturated heterocycles. The molecule has 1 N–H and O–H groups in total. The van der Waals surface area contributed by atoms with E-state index in [9.17, 15) is 4.79 Å². The molecule has 0 aromatic heterocycles. The van der Waals surface area contributed by atoms with Gasteiger partial charge in [0, 0.05) is 12.0 Å². The van der Waals surface area contributed by atoms with E-state index in [0.717, 1.165) is 12.8 Å². The van der Waals surface area contributed by atoms with E-state index < -0.39 is 0 Å². The van der Waals surface area contributed by atoms with Crippen molar-refractivity contribution in [2.24, 2.45) is 11.3 Å². The lowest BCUT2D eigenvalue weighted by Gasteiger charge is -2.29. The Labute approximate surface area is 123 Å². The molecule has 1 fully saturated rings. The monoisotopic (exact) mass is 273 g/mol. The van der Waals surface area contributed by atoms with E-state index in [-0.39, 0.29) is 23.4 Å². The predicted octanol–water partition coefficient (Wildman–Crippen LogP) is 3.90. The van der Waals surface area contributed by atoms with Crippen LogP contribution in [-0.2, 0) is 11.2 Å². The molecule has 1 aliphatic heterocycles. The third-order valence-corrected chi connectivity index (χ3v) is 4.49. The largest absolute Gasteiger partial charge is 0.300 e. The van der Waals surface area contributed by atoms with Crippen molar-refractivity contribution in [3.05, 3.63) is 35.4 Å².